The number of hydrogen-bond donors (Lipinski definition) is 1. The van der Waals surface area contributed by atoms with E-state index in [1.807, 2.05) is 48.6 Å². The van der Waals surface area contributed by atoms with Crippen LogP contribution < -0.4 is 9.80 Å². The highest BCUT2D eigenvalue weighted by molar-refractivity contribution is 7.20. The van der Waals surface area contributed by atoms with Crippen molar-refractivity contribution in [2.45, 2.75) is 45.3 Å². The van der Waals surface area contributed by atoms with Crippen LogP contribution in [-0.4, -0.2) is 99.4 Å². The molecule has 0 radical (unpaired) electrons. The van der Waals surface area contributed by atoms with Gasteiger partial charge in [0, 0.05) is 50.2 Å². The number of carbonyl (C=O) groups excluding carboxylic acids is 1. The fourth-order valence-electron chi connectivity index (χ4n) is 5.60. The van der Waals surface area contributed by atoms with E-state index in [0.29, 0.717) is 53.4 Å². The molecule has 2 saturated heterocycles. The average Bonchev–Trinajstić information content (AvgIpc) is 3.67. The summed E-state index contributed by atoms with van der Waals surface area (Å²) in [6.07, 6.45) is 2.33. The molecule has 0 bridgehead atoms. The highest BCUT2D eigenvalue weighted by atomic mass is 32.1. The smallest absolute Gasteiger partial charge is 0.236 e. The average molecular weight is 607 g/mol. The molecule has 1 unspecified atom stereocenters. The molecule has 4 aromatic rings. The molecule has 6 rings (SSSR count). The number of aliphatic hydroxyl groups excluding tert-OH is 1. The number of thiazole rings is 1. The Labute approximate surface area is 254 Å². The van der Waals surface area contributed by atoms with E-state index in [1.54, 1.807) is 16.2 Å². The van der Waals surface area contributed by atoms with Crippen LogP contribution in [0, 0.1) is 18.3 Å². The first-order valence-corrected chi connectivity index (χ1v) is 15.8. The SMILES string of the molecule is [2H]c1sc(N(C)c2c(CC)nc3sc(N4CCCC(N(C)CC(=O)N5CC(O)C5)C4)nn23)nc1-c1ccc(C)cc1C#N. The number of likely N-dealkylation sites (tertiary alicyclic amines) is 1. The Balaban J connectivity index is 1.24. The number of carbonyl (C=O) groups is 1. The molecule has 2 aliphatic rings. The van der Waals surface area contributed by atoms with Crippen molar-refractivity contribution in [3.63, 3.8) is 0 Å². The van der Waals surface area contributed by atoms with E-state index in [0.717, 1.165) is 53.1 Å². The second-order valence-corrected chi connectivity index (χ2v) is 12.8. The van der Waals surface area contributed by atoms with Crippen molar-refractivity contribution in [3.8, 4) is 17.3 Å². The summed E-state index contributed by atoms with van der Waals surface area (Å²) >= 11 is 2.82. The molecular formula is C29H35N9O2S2. The van der Waals surface area contributed by atoms with Gasteiger partial charge in [-0.3, -0.25) is 9.69 Å². The highest BCUT2D eigenvalue weighted by Gasteiger charge is 2.32. The van der Waals surface area contributed by atoms with Gasteiger partial charge in [0.05, 0.1) is 37.0 Å². The first-order chi connectivity index (χ1) is 20.7. The Morgan fingerprint density at radius 1 is 1.29 bits per heavy atom. The molecule has 0 saturated carbocycles. The van der Waals surface area contributed by atoms with E-state index in [9.17, 15) is 15.2 Å². The van der Waals surface area contributed by atoms with Crippen LogP contribution in [0.3, 0.4) is 0 Å². The van der Waals surface area contributed by atoms with Crippen molar-refractivity contribution >= 4 is 49.6 Å². The Bertz CT molecular complexity index is 1700. The van der Waals surface area contributed by atoms with E-state index in [-0.39, 0.29) is 11.9 Å². The third kappa shape index (κ3) is 5.35. The van der Waals surface area contributed by atoms with Crippen molar-refractivity contribution in [2.24, 2.45) is 0 Å². The van der Waals surface area contributed by atoms with Crippen molar-refractivity contribution in [3.05, 3.63) is 40.4 Å². The summed E-state index contributed by atoms with van der Waals surface area (Å²) in [5.41, 5.74) is 3.55. The number of nitriles is 1. The monoisotopic (exact) mass is 606 g/mol. The minimum Gasteiger partial charge on any atom is -0.389 e. The van der Waals surface area contributed by atoms with E-state index < -0.39 is 6.10 Å². The van der Waals surface area contributed by atoms with Gasteiger partial charge in [-0.1, -0.05) is 30.4 Å². The molecule has 13 heteroatoms. The fraction of sp³-hybridized carbons (Fsp3) is 0.483. The first-order valence-electron chi connectivity index (χ1n) is 14.7. The molecule has 11 nitrogen and oxygen atoms in total. The summed E-state index contributed by atoms with van der Waals surface area (Å²) in [5, 5.41) is 26.1. The summed E-state index contributed by atoms with van der Waals surface area (Å²) in [4.78, 5) is 31.2. The third-order valence-electron chi connectivity index (χ3n) is 8.07. The minimum atomic E-state index is -0.392. The van der Waals surface area contributed by atoms with Crippen LogP contribution in [-0.2, 0) is 11.2 Å². The number of aryl methyl sites for hydroxylation is 2. The molecule has 5 heterocycles. The van der Waals surface area contributed by atoms with Crippen LogP contribution in [0.4, 0.5) is 16.1 Å². The Hall–Kier alpha value is -3.57. The second-order valence-electron chi connectivity index (χ2n) is 11.1. The van der Waals surface area contributed by atoms with Crippen LogP contribution in [0.5, 0.6) is 0 Å². The number of β-amino-alcohol motifs (C(OH)–C–C–N with tert-alkyl or cyclic N) is 1. The predicted octanol–water partition coefficient (Wildman–Crippen LogP) is 3.53. The number of hydrogen-bond acceptors (Lipinski definition) is 11. The van der Waals surface area contributed by atoms with Gasteiger partial charge in [-0.2, -0.15) is 9.78 Å². The van der Waals surface area contributed by atoms with Crippen molar-refractivity contribution in [1.82, 2.24) is 29.4 Å². The van der Waals surface area contributed by atoms with Crippen molar-refractivity contribution in [2.75, 3.05) is 56.6 Å². The number of aliphatic hydroxyl groups is 1. The van der Waals surface area contributed by atoms with Gasteiger partial charge >= 0.3 is 0 Å². The van der Waals surface area contributed by atoms with Crippen LogP contribution >= 0.6 is 22.7 Å². The number of aromatic nitrogens is 4. The van der Waals surface area contributed by atoms with Crippen LogP contribution in [0.2, 0.25) is 0 Å². The molecule has 0 aliphatic carbocycles. The Morgan fingerprint density at radius 3 is 2.83 bits per heavy atom. The van der Waals surface area contributed by atoms with Gasteiger partial charge in [0.1, 0.15) is 0 Å². The molecule has 0 spiro atoms. The van der Waals surface area contributed by atoms with Gasteiger partial charge < -0.3 is 19.8 Å². The second kappa shape index (κ2) is 11.6. The lowest BCUT2D eigenvalue weighted by atomic mass is 10.0. The molecule has 2 aliphatic heterocycles. The lowest BCUT2D eigenvalue weighted by Gasteiger charge is -2.40. The summed E-state index contributed by atoms with van der Waals surface area (Å²) in [6.45, 7) is 6.85. The van der Waals surface area contributed by atoms with E-state index >= 15 is 0 Å². The van der Waals surface area contributed by atoms with Crippen LogP contribution in [0.1, 0.15) is 38.0 Å². The molecule has 1 N–H and O–H groups in total. The van der Waals surface area contributed by atoms with Crippen molar-refractivity contribution < 1.29 is 11.3 Å². The number of piperidine rings is 1. The summed E-state index contributed by atoms with van der Waals surface area (Å²) in [6, 6.07) is 8.08. The lowest BCUT2D eigenvalue weighted by molar-refractivity contribution is -0.142. The summed E-state index contributed by atoms with van der Waals surface area (Å²) in [5.74, 6) is 0.877. The normalized spacial score (nSPS) is 17.9. The van der Waals surface area contributed by atoms with Gasteiger partial charge in [0.2, 0.25) is 16.0 Å². The zero-order chi connectivity index (χ0) is 30.4. The number of anilines is 3. The van der Waals surface area contributed by atoms with Gasteiger partial charge in [-0.15, -0.1) is 16.4 Å². The highest BCUT2D eigenvalue weighted by Crippen LogP contribution is 2.37. The van der Waals surface area contributed by atoms with E-state index in [1.165, 1.54) is 11.3 Å². The van der Waals surface area contributed by atoms with Gasteiger partial charge in [0.25, 0.3) is 0 Å². The molecule has 3 aromatic heterocycles. The molecular weight excluding hydrogens is 571 g/mol. The van der Waals surface area contributed by atoms with Crippen molar-refractivity contribution in [1.29, 1.82) is 5.26 Å². The maximum Gasteiger partial charge on any atom is 0.236 e. The number of imidazole rings is 1. The summed E-state index contributed by atoms with van der Waals surface area (Å²) in [7, 11) is 3.92. The summed E-state index contributed by atoms with van der Waals surface area (Å²) < 4.78 is 10.5. The minimum absolute atomic E-state index is 0.0600. The van der Waals surface area contributed by atoms with E-state index in [2.05, 4.69) is 22.8 Å². The standard InChI is InChI=1S/C29H35N9O2S2/c1-5-23-26(35(4)27-32-24(17-41-27)22-9-8-18(2)11-19(22)12-30)38-28(31-23)42-29(33-38)36-10-6-7-20(13-36)34(3)16-25(40)37-14-21(39)15-37/h8-9,11,17,20-21,39H,5-7,10,13-16H2,1-4H3/i17D. The number of rotatable bonds is 8. The molecule has 1 amide bonds. The maximum absolute atomic E-state index is 12.6. The molecule has 42 heavy (non-hydrogen) atoms. The van der Waals surface area contributed by atoms with Gasteiger partial charge in [-0.05, 0) is 44.9 Å². The third-order valence-corrected chi connectivity index (χ3v) is 9.88. The molecule has 2 fully saturated rings. The predicted molar refractivity (Wildman–Crippen MR) is 166 cm³/mol. The first kappa shape index (κ1) is 27.3. The van der Waals surface area contributed by atoms with Gasteiger partial charge in [-0.25, -0.2) is 9.97 Å². The zero-order valence-electron chi connectivity index (χ0n) is 25.2. The number of fused-ring (bicyclic) bond motifs is 1. The Kier molecular flexibility index (Phi) is 7.54. The van der Waals surface area contributed by atoms with Crippen LogP contribution in [0.25, 0.3) is 16.2 Å². The number of nitrogens with zero attached hydrogens (tertiary/aromatic N) is 9. The topological polar surface area (TPSA) is 117 Å². The maximum atomic E-state index is 12.6. The van der Waals surface area contributed by atoms with Crippen LogP contribution in [0.15, 0.2) is 23.6 Å². The number of benzene rings is 1. The van der Waals surface area contributed by atoms with Gasteiger partial charge in [0.15, 0.2) is 10.9 Å². The lowest BCUT2D eigenvalue weighted by Crippen LogP contribution is -2.57. The molecule has 220 valence electrons. The number of amides is 1. The molecule has 1 atom stereocenters. The van der Waals surface area contributed by atoms with E-state index in [4.69, 9.17) is 16.4 Å². The Morgan fingerprint density at radius 2 is 2.10 bits per heavy atom. The molecule has 1 aromatic carbocycles. The fourth-order valence-corrected chi connectivity index (χ4v) is 7.26. The zero-order valence-corrected chi connectivity index (χ0v) is 25.9. The quantitative estimate of drug-likeness (QED) is 0.322. The largest absolute Gasteiger partial charge is 0.389 e. The number of likely N-dealkylation sites (N-methyl/N-ethyl adjacent to an activating group) is 1.